The summed E-state index contributed by atoms with van der Waals surface area (Å²) in [7, 11) is 0. The minimum absolute atomic E-state index is 0.125. The van der Waals surface area contributed by atoms with E-state index in [-0.39, 0.29) is 11.9 Å². The Labute approximate surface area is 98.0 Å². The molecule has 2 nitrogen and oxygen atoms in total. The molecule has 2 N–H and O–H groups in total. The highest BCUT2D eigenvalue weighted by Gasteiger charge is 2.12. The fourth-order valence-electron chi connectivity index (χ4n) is 1.54. The van der Waals surface area contributed by atoms with E-state index in [1.807, 2.05) is 6.07 Å². The summed E-state index contributed by atoms with van der Waals surface area (Å²) < 4.78 is 18.5. The normalized spacial score (nSPS) is 13.2. The second-order valence-electron chi connectivity index (χ2n) is 3.60. The fraction of sp³-hybridized carbons (Fsp3) is 0.333. The summed E-state index contributed by atoms with van der Waals surface area (Å²) in [4.78, 5) is 0. The lowest BCUT2D eigenvalue weighted by Crippen LogP contribution is -2.11. The van der Waals surface area contributed by atoms with Gasteiger partial charge in [-0.15, -0.1) is 0 Å². The first-order valence-corrected chi connectivity index (χ1v) is 6.38. The Morgan fingerprint density at radius 1 is 1.44 bits per heavy atom. The molecule has 1 aromatic carbocycles. The first-order valence-electron chi connectivity index (χ1n) is 5.23. The van der Waals surface area contributed by atoms with Gasteiger partial charge in [0.1, 0.15) is 17.2 Å². The highest BCUT2D eigenvalue weighted by atomic mass is 32.2. The van der Waals surface area contributed by atoms with Crippen LogP contribution in [0.4, 0.5) is 4.39 Å². The molecule has 0 spiro atoms. The van der Waals surface area contributed by atoms with Crippen LogP contribution in [0.25, 0.3) is 11.0 Å². The van der Waals surface area contributed by atoms with E-state index in [9.17, 15) is 4.39 Å². The van der Waals surface area contributed by atoms with Gasteiger partial charge in [-0.1, -0.05) is 6.92 Å². The molecule has 0 radical (unpaired) electrons. The molecule has 0 saturated carbocycles. The van der Waals surface area contributed by atoms with E-state index in [0.717, 1.165) is 22.7 Å². The first kappa shape index (κ1) is 11.5. The number of halogens is 1. The Balaban J connectivity index is 2.25. The summed E-state index contributed by atoms with van der Waals surface area (Å²) >= 11 is 1.77. The van der Waals surface area contributed by atoms with Crippen molar-refractivity contribution in [2.45, 2.75) is 13.0 Å². The number of fused-ring (bicyclic) bond motifs is 1. The second kappa shape index (κ2) is 4.89. The van der Waals surface area contributed by atoms with Crippen molar-refractivity contribution in [2.24, 2.45) is 5.73 Å². The molecule has 2 aromatic rings. The molecule has 0 aliphatic carbocycles. The van der Waals surface area contributed by atoms with Crippen LogP contribution in [0.3, 0.4) is 0 Å². The molecule has 0 fully saturated rings. The lowest BCUT2D eigenvalue weighted by Gasteiger charge is -2.06. The Morgan fingerprint density at radius 3 is 3.00 bits per heavy atom. The van der Waals surface area contributed by atoms with E-state index in [0.29, 0.717) is 5.58 Å². The van der Waals surface area contributed by atoms with Crippen LogP contribution in [-0.4, -0.2) is 11.5 Å². The Hall–Kier alpha value is -1.00. The zero-order valence-corrected chi connectivity index (χ0v) is 9.89. The number of nitrogens with two attached hydrogens (primary N) is 1. The third-order valence-corrected chi connectivity index (χ3v) is 3.37. The number of thioether (sulfide) groups is 1. The maximum Gasteiger partial charge on any atom is 0.134 e. The molecule has 1 atom stereocenters. The number of hydrogen-bond donors (Lipinski definition) is 1. The number of rotatable bonds is 4. The molecule has 4 heteroatoms. The van der Waals surface area contributed by atoms with Crippen LogP contribution in [-0.2, 0) is 0 Å². The quantitative estimate of drug-likeness (QED) is 0.889. The largest absolute Gasteiger partial charge is 0.459 e. The molecule has 0 aliphatic rings. The summed E-state index contributed by atoms with van der Waals surface area (Å²) in [5, 5.41) is 0.770. The zero-order chi connectivity index (χ0) is 11.5. The zero-order valence-electron chi connectivity index (χ0n) is 9.07. The number of furan rings is 1. The van der Waals surface area contributed by atoms with Gasteiger partial charge in [0.15, 0.2) is 0 Å². The maximum atomic E-state index is 13.0. The average Bonchev–Trinajstić information content (AvgIpc) is 2.68. The molecule has 1 heterocycles. The van der Waals surface area contributed by atoms with Crippen molar-refractivity contribution in [3.63, 3.8) is 0 Å². The molecule has 0 bridgehead atoms. The van der Waals surface area contributed by atoms with E-state index in [2.05, 4.69) is 6.92 Å². The van der Waals surface area contributed by atoms with Crippen LogP contribution >= 0.6 is 11.8 Å². The minimum atomic E-state index is -0.253. The van der Waals surface area contributed by atoms with Gasteiger partial charge < -0.3 is 10.2 Å². The molecule has 0 aliphatic heterocycles. The smallest absolute Gasteiger partial charge is 0.134 e. The Bertz CT molecular complexity index is 483. The molecule has 0 saturated heterocycles. The van der Waals surface area contributed by atoms with Crippen LogP contribution in [0.1, 0.15) is 18.7 Å². The molecule has 16 heavy (non-hydrogen) atoms. The Kier molecular flexibility index (Phi) is 3.51. The van der Waals surface area contributed by atoms with Crippen LogP contribution in [0.15, 0.2) is 28.7 Å². The predicted molar refractivity (Wildman–Crippen MR) is 66.1 cm³/mol. The highest BCUT2D eigenvalue weighted by molar-refractivity contribution is 7.99. The van der Waals surface area contributed by atoms with E-state index in [1.54, 1.807) is 17.8 Å². The molecular formula is C12H14FNOS. The van der Waals surface area contributed by atoms with Crippen molar-refractivity contribution < 1.29 is 8.81 Å². The molecule has 1 aromatic heterocycles. The van der Waals surface area contributed by atoms with Crippen molar-refractivity contribution >= 4 is 22.7 Å². The van der Waals surface area contributed by atoms with Gasteiger partial charge in [-0.25, -0.2) is 4.39 Å². The fourth-order valence-corrected chi connectivity index (χ4v) is 2.20. The van der Waals surface area contributed by atoms with Gasteiger partial charge in [0.2, 0.25) is 0 Å². The predicted octanol–water partition coefficient (Wildman–Crippen LogP) is 3.32. The van der Waals surface area contributed by atoms with Crippen LogP contribution < -0.4 is 5.73 Å². The molecular weight excluding hydrogens is 225 g/mol. The van der Waals surface area contributed by atoms with Crippen molar-refractivity contribution in [3.8, 4) is 0 Å². The SMILES string of the molecule is CCSCC(N)c1cc2cc(F)ccc2o1. The summed E-state index contributed by atoms with van der Waals surface area (Å²) in [5.74, 6) is 2.32. The van der Waals surface area contributed by atoms with Gasteiger partial charge in [-0.2, -0.15) is 11.8 Å². The van der Waals surface area contributed by atoms with Crippen molar-refractivity contribution in [3.05, 3.63) is 35.8 Å². The second-order valence-corrected chi connectivity index (χ2v) is 4.92. The number of hydrogen-bond acceptors (Lipinski definition) is 3. The lowest BCUT2D eigenvalue weighted by molar-refractivity contribution is 0.515. The van der Waals surface area contributed by atoms with E-state index in [1.165, 1.54) is 12.1 Å². The summed E-state index contributed by atoms with van der Waals surface area (Å²) in [6.07, 6.45) is 0. The first-order chi connectivity index (χ1) is 7.70. The van der Waals surface area contributed by atoms with Gasteiger partial charge in [0, 0.05) is 11.1 Å². The standard InChI is InChI=1S/C12H14FNOS/c1-2-16-7-10(14)12-6-8-5-9(13)3-4-11(8)15-12/h3-6,10H,2,7,14H2,1H3. The molecule has 86 valence electrons. The number of benzene rings is 1. The van der Waals surface area contributed by atoms with Gasteiger partial charge >= 0.3 is 0 Å². The van der Waals surface area contributed by atoms with Crippen LogP contribution in [0.5, 0.6) is 0 Å². The summed E-state index contributed by atoms with van der Waals surface area (Å²) in [5.41, 5.74) is 6.66. The monoisotopic (exact) mass is 239 g/mol. The summed E-state index contributed by atoms with van der Waals surface area (Å²) in [6, 6.07) is 6.18. The minimum Gasteiger partial charge on any atom is -0.459 e. The Morgan fingerprint density at radius 2 is 2.25 bits per heavy atom. The van der Waals surface area contributed by atoms with E-state index < -0.39 is 0 Å². The summed E-state index contributed by atoms with van der Waals surface area (Å²) in [6.45, 7) is 2.09. The maximum absolute atomic E-state index is 13.0. The lowest BCUT2D eigenvalue weighted by atomic mass is 10.2. The van der Waals surface area contributed by atoms with Crippen LogP contribution in [0, 0.1) is 5.82 Å². The van der Waals surface area contributed by atoms with E-state index in [4.69, 9.17) is 10.2 Å². The highest BCUT2D eigenvalue weighted by Crippen LogP contribution is 2.25. The third-order valence-electron chi connectivity index (χ3n) is 2.36. The van der Waals surface area contributed by atoms with Gasteiger partial charge in [-0.3, -0.25) is 0 Å². The average molecular weight is 239 g/mol. The van der Waals surface area contributed by atoms with Gasteiger partial charge in [-0.05, 0) is 30.0 Å². The van der Waals surface area contributed by atoms with Crippen molar-refractivity contribution in [1.82, 2.24) is 0 Å². The van der Waals surface area contributed by atoms with Crippen LogP contribution in [0.2, 0.25) is 0 Å². The topological polar surface area (TPSA) is 39.2 Å². The van der Waals surface area contributed by atoms with Crippen molar-refractivity contribution in [1.29, 1.82) is 0 Å². The third kappa shape index (κ3) is 2.39. The van der Waals surface area contributed by atoms with Gasteiger partial charge in [0.25, 0.3) is 0 Å². The molecule has 1 unspecified atom stereocenters. The molecule has 2 rings (SSSR count). The van der Waals surface area contributed by atoms with E-state index >= 15 is 0 Å². The molecule has 0 amide bonds. The van der Waals surface area contributed by atoms with Crippen molar-refractivity contribution in [2.75, 3.05) is 11.5 Å². The van der Waals surface area contributed by atoms with Gasteiger partial charge in [0.05, 0.1) is 6.04 Å².